The van der Waals surface area contributed by atoms with Gasteiger partial charge in [0.2, 0.25) is 17.7 Å². The summed E-state index contributed by atoms with van der Waals surface area (Å²) in [6, 6.07) is 30.1. The maximum absolute atomic E-state index is 14.5. The van der Waals surface area contributed by atoms with E-state index in [1.807, 2.05) is 98.8 Å². The second kappa shape index (κ2) is 33.1. The number of hydrogen-bond donors (Lipinski definition) is 4. The van der Waals surface area contributed by atoms with Gasteiger partial charge in [0.1, 0.15) is 43.1 Å². The summed E-state index contributed by atoms with van der Waals surface area (Å²) in [6.07, 6.45) is 11.7. The summed E-state index contributed by atoms with van der Waals surface area (Å²) in [5.74, 6) is -0.623. The van der Waals surface area contributed by atoms with Gasteiger partial charge in [-0.2, -0.15) is 13.5 Å². The first-order chi connectivity index (χ1) is 40.0. The second-order valence-corrected chi connectivity index (χ2v) is 20.3. The molecule has 2 aliphatic rings. The zero-order valence-corrected chi connectivity index (χ0v) is 51.0. The Morgan fingerprint density at radius 2 is 1.07 bits per heavy atom. The Bertz CT molecular complexity index is 3550. The normalized spacial score (nSPS) is 15.8. The van der Waals surface area contributed by atoms with Crippen molar-refractivity contribution in [2.24, 2.45) is 0 Å². The fourth-order valence-electron chi connectivity index (χ4n) is 9.98. The van der Waals surface area contributed by atoms with Crippen molar-refractivity contribution in [1.82, 2.24) is 49.9 Å². The molecule has 4 N–H and O–H groups in total. The number of alkyl halides is 2. The number of Topliss-reactive ketones (excluding diaryl/α,β-unsaturated/α-hetero) is 2. The quantitative estimate of drug-likeness (QED) is 0.0465. The molecule has 0 bridgehead atoms. The van der Waals surface area contributed by atoms with Gasteiger partial charge in [-0.15, -0.1) is 12.4 Å². The highest BCUT2D eigenvalue weighted by Crippen LogP contribution is 2.31. The molecule has 4 atom stereocenters. The topological polar surface area (TPSA) is 223 Å². The van der Waals surface area contributed by atoms with Crippen LogP contribution in [0.5, 0.6) is 0 Å². The van der Waals surface area contributed by atoms with E-state index >= 15 is 0 Å². The number of fused-ring (bicyclic) bond motifs is 2. The van der Waals surface area contributed by atoms with Crippen LogP contribution in [-0.2, 0) is 67.5 Å². The van der Waals surface area contributed by atoms with Gasteiger partial charge in [-0.25, -0.2) is 28.7 Å². The van der Waals surface area contributed by atoms with Gasteiger partial charge in [-0.3, -0.25) is 28.8 Å². The molecule has 17 nitrogen and oxygen atoms in total. The largest absolute Gasteiger partial charge is 0.480 e. The summed E-state index contributed by atoms with van der Waals surface area (Å²) in [5.41, 5.74) is 8.26. The van der Waals surface area contributed by atoms with Crippen molar-refractivity contribution >= 4 is 105 Å². The van der Waals surface area contributed by atoms with Gasteiger partial charge in [0.05, 0.1) is 12.6 Å². The molecule has 3 amide bonds. The van der Waals surface area contributed by atoms with E-state index in [1.165, 1.54) is 29.9 Å². The zero-order chi connectivity index (χ0) is 59.6. The van der Waals surface area contributed by atoms with Crippen molar-refractivity contribution in [3.63, 3.8) is 0 Å². The van der Waals surface area contributed by atoms with Crippen LogP contribution in [0.1, 0.15) is 83.0 Å². The minimum Gasteiger partial charge on any atom is -0.480 e. The second-order valence-electron chi connectivity index (χ2n) is 20.3. The average molecular weight is 1240 g/mol. The Hall–Kier alpha value is -7.76. The fraction of sp³-hybridized carbons (Fsp3) is 0.323. The van der Waals surface area contributed by atoms with E-state index in [0.717, 1.165) is 58.8 Å². The van der Waals surface area contributed by atoms with E-state index in [1.54, 1.807) is 46.3 Å². The molecule has 0 unspecified atom stereocenters. The summed E-state index contributed by atoms with van der Waals surface area (Å²) < 4.78 is 30.6. The number of benzene rings is 4. The molecule has 6 heterocycles. The first kappa shape index (κ1) is 68.0. The summed E-state index contributed by atoms with van der Waals surface area (Å²) in [4.78, 5) is 91.5. The number of carbonyl (C=O) groups is 6. The number of nitrogens with zero attached hydrogens (tertiary/aromatic N) is 7. The maximum Gasteiger partial charge on any atom is 0.323 e. The van der Waals surface area contributed by atoms with E-state index in [9.17, 15) is 37.5 Å². The number of halogens is 3. The van der Waals surface area contributed by atoms with Crippen LogP contribution < -0.4 is 16.0 Å². The van der Waals surface area contributed by atoms with Gasteiger partial charge in [-0.05, 0) is 99.9 Å². The number of amides is 3. The first-order valence-electron chi connectivity index (χ1n) is 27.2. The monoisotopic (exact) mass is 1230 g/mol. The number of hydrogen-bond acceptors (Lipinski definition) is 13. The minimum atomic E-state index is -1.27. The molecule has 0 saturated carbocycles. The molecule has 2 aliphatic heterocycles. The summed E-state index contributed by atoms with van der Waals surface area (Å²) in [6.45, 7) is 7.54. The first-order valence-corrected chi connectivity index (χ1v) is 28.5. The molecule has 4 aromatic carbocycles. The zero-order valence-electron chi connectivity index (χ0n) is 47.5. The number of rotatable bonds is 18. The number of likely N-dealkylation sites (tertiary alicyclic amines) is 1. The molecule has 8 aromatic rings. The van der Waals surface area contributed by atoms with Crippen LogP contribution in [0.3, 0.4) is 0 Å². The van der Waals surface area contributed by atoms with E-state index < -0.39 is 24.4 Å². The standard InChI is InChI=1S/C31H32FN5O3.C17H15N3O3.C14H19FN2O.ClH.S2.H2S/c1-20(38)27-18-36(28-11-10-23(13-26(27)28)24-15-34-21(2)35-16-24)19-30(39)37-17-25(32)14-29(37)31(40)33-12-6-9-22-7-4-3-5-8-22;1-10(21)15-8-20(9-17(22)23)16-4-3-12(5-14(15)16)13-6-18-11(2)19-7-13;15-12-9-13(17-10-12)14(18)16-8-4-7-11-5-2-1-3-6-11;;1-2;/h3-5,7-8,10-11,13,15-16,18,25,29H,6,9,12,14,17,19H2,1-2H3,(H,33,40);3-8H,9H2,1-2H3,(H,22,23);1-3,5-6,12-13,17H,4,7-10H2,(H,16,18);1H;;1H2/t25-,29+;;12-,13+;;;/m1.1.../s1. The Morgan fingerprint density at radius 3 is 1.49 bits per heavy atom. The molecule has 0 aliphatic carbocycles. The van der Waals surface area contributed by atoms with Crippen molar-refractivity contribution in [1.29, 1.82) is 0 Å². The highest BCUT2D eigenvalue weighted by Gasteiger charge is 2.40. The third-order valence-electron chi connectivity index (χ3n) is 14.2. The van der Waals surface area contributed by atoms with E-state index in [0.29, 0.717) is 59.7 Å². The number of aromatic nitrogens is 6. The number of aryl methyl sites for hydroxylation is 4. The van der Waals surface area contributed by atoms with Gasteiger partial charge < -0.3 is 35.1 Å². The third-order valence-corrected chi connectivity index (χ3v) is 14.2. The molecule has 10 rings (SSSR count). The molecule has 0 spiro atoms. The number of aliphatic carboxylic acids is 1. The van der Waals surface area contributed by atoms with Crippen molar-refractivity contribution in [3.8, 4) is 22.3 Å². The lowest BCUT2D eigenvalue weighted by atomic mass is 10.0. The third kappa shape index (κ3) is 18.9. The SMILES string of the molecule is CC(=O)c1cn(CC(=O)N2C[C@H](F)C[C@H]2C(=O)NCCCc2ccccc2)c2ccc(-c3cnc(C)nc3)cc12.CC(=O)c1cn(CC(=O)O)c2ccc(-c3cnc(C)nc3)cc12.Cl.O=C(NCCCc1ccccc1)[C@@H]1C[C@@H](F)CN1.S.S=S. The van der Waals surface area contributed by atoms with Crippen LogP contribution >= 0.6 is 25.9 Å². The van der Waals surface area contributed by atoms with Crippen molar-refractivity contribution < 1.29 is 42.7 Å². The lowest BCUT2D eigenvalue weighted by Gasteiger charge is -2.24. The smallest absolute Gasteiger partial charge is 0.323 e. The lowest BCUT2D eigenvalue weighted by molar-refractivity contribution is -0.138. The summed E-state index contributed by atoms with van der Waals surface area (Å²) >= 11 is 7.33. The summed E-state index contributed by atoms with van der Waals surface area (Å²) in [5, 5.41) is 19.1. The van der Waals surface area contributed by atoms with Crippen LogP contribution in [0, 0.1) is 13.8 Å². The van der Waals surface area contributed by atoms with Crippen LogP contribution in [0.15, 0.2) is 134 Å². The van der Waals surface area contributed by atoms with Crippen molar-refractivity contribution in [3.05, 3.63) is 168 Å². The number of nitrogens with one attached hydrogen (secondary N) is 3. The van der Waals surface area contributed by atoms with E-state index in [2.05, 4.69) is 70.4 Å². The highest BCUT2D eigenvalue weighted by atomic mass is 35.5. The molecule has 85 heavy (non-hydrogen) atoms. The van der Waals surface area contributed by atoms with E-state index in [4.69, 9.17) is 5.11 Å². The highest BCUT2D eigenvalue weighted by molar-refractivity contribution is 8.07. The van der Waals surface area contributed by atoms with E-state index in [-0.39, 0.29) is 87.3 Å². The molecular formula is C62H69ClF2N10O7S3. The molecule has 2 saturated heterocycles. The van der Waals surface area contributed by atoms with Gasteiger partial charge in [-0.1, -0.05) is 72.8 Å². The van der Waals surface area contributed by atoms with Crippen LogP contribution in [0.4, 0.5) is 8.78 Å². The predicted octanol–water partition coefficient (Wildman–Crippen LogP) is 8.96. The molecule has 0 radical (unpaired) electrons. The van der Waals surface area contributed by atoms with Gasteiger partial charge in [0, 0.05) is 136 Å². The van der Waals surface area contributed by atoms with Crippen molar-refractivity contribution in [2.45, 2.75) is 104 Å². The number of carboxylic acid groups (broad SMARTS) is 1. The Kier molecular flexibility index (Phi) is 26.5. The van der Waals surface area contributed by atoms with Crippen LogP contribution in [0.25, 0.3) is 44.1 Å². The minimum absolute atomic E-state index is 0. The fourth-order valence-corrected chi connectivity index (χ4v) is 9.98. The number of ketones is 2. The number of carboxylic acids is 1. The Labute approximate surface area is 515 Å². The lowest BCUT2D eigenvalue weighted by Crippen LogP contribution is -2.47. The Morgan fingerprint density at radius 1 is 0.624 bits per heavy atom. The molecular weight excluding hydrogens is 1170 g/mol. The molecule has 2 fully saturated rings. The van der Waals surface area contributed by atoms with Crippen LogP contribution in [0.2, 0.25) is 0 Å². The molecule has 448 valence electrons. The maximum atomic E-state index is 14.5. The average Bonchev–Trinajstić information content (AvgIpc) is 3.98. The van der Waals surface area contributed by atoms with Crippen LogP contribution in [-0.4, -0.2) is 125 Å². The number of carbonyl (C=O) groups excluding carboxylic acids is 5. The molecule has 4 aromatic heterocycles. The summed E-state index contributed by atoms with van der Waals surface area (Å²) in [7, 11) is 0. The van der Waals surface area contributed by atoms with Crippen molar-refractivity contribution in [2.75, 3.05) is 26.2 Å². The van der Waals surface area contributed by atoms with Gasteiger partial charge in [0.15, 0.2) is 11.6 Å². The predicted molar refractivity (Wildman–Crippen MR) is 337 cm³/mol. The van der Waals surface area contributed by atoms with Gasteiger partial charge >= 0.3 is 5.97 Å². The Balaban J connectivity index is 0.000000249. The van der Waals surface area contributed by atoms with Gasteiger partial charge in [0.25, 0.3) is 0 Å². The molecule has 23 heteroatoms.